The van der Waals surface area contributed by atoms with Crippen LogP contribution in [0.5, 0.6) is 0 Å². The number of hydrogen-bond acceptors (Lipinski definition) is 8. The van der Waals surface area contributed by atoms with Gasteiger partial charge in [-0.3, -0.25) is 0 Å². The summed E-state index contributed by atoms with van der Waals surface area (Å²) in [6.45, 7) is 7.84. The highest BCUT2D eigenvalue weighted by molar-refractivity contribution is 6.30. The molecule has 0 aliphatic rings. The molecule has 2 heterocycles. The minimum absolute atomic E-state index is 0.436. The molecule has 132 valence electrons. The zero-order valence-corrected chi connectivity index (χ0v) is 15.6. The molecule has 0 bridgehead atoms. The summed E-state index contributed by atoms with van der Waals surface area (Å²) in [5.41, 5.74) is 8.84. The summed E-state index contributed by atoms with van der Waals surface area (Å²) in [4.78, 5) is 0. The van der Waals surface area contributed by atoms with E-state index in [1.54, 1.807) is 0 Å². The van der Waals surface area contributed by atoms with E-state index in [0.29, 0.717) is 21.9 Å². The van der Waals surface area contributed by atoms with Gasteiger partial charge in [-0.1, -0.05) is 37.0 Å². The SMILES string of the molecule is CCc1c(Cl)nnc(NN)c1C.CCc1c(NN)nnc(Cl)c1C. The molecule has 0 aliphatic carbocycles. The largest absolute Gasteiger partial charge is 0.307 e. The topological polar surface area (TPSA) is 128 Å². The Hall–Kier alpha value is -1.74. The molecule has 24 heavy (non-hydrogen) atoms. The molecule has 10 heteroatoms. The summed E-state index contributed by atoms with van der Waals surface area (Å²) in [6, 6.07) is 0. The standard InChI is InChI=1S/2C7H11ClN4/c1-3-5-4(2)7(10-9)12-11-6(5)8;1-3-5-4(2)6(8)11-12-7(5)10-9/h2*3,9H2,1-2H3,(H,10,12). The van der Waals surface area contributed by atoms with Crippen LogP contribution >= 0.6 is 23.2 Å². The molecule has 0 unspecified atom stereocenters. The van der Waals surface area contributed by atoms with Crippen LogP contribution in [-0.4, -0.2) is 20.4 Å². The summed E-state index contributed by atoms with van der Waals surface area (Å²) in [7, 11) is 0. The second-order valence-corrected chi connectivity index (χ2v) is 5.60. The molecule has 0 amide bonds. The van der Waals surface area contributed by atoms with Gasteiger partial charge in [-0.15, -0.1) is 20.4 Å². The Morgan fingerprint density at radius 2 is 1.25 bits per heavy atom. The lowest BCUT2D eigenvalue weighted by atomic mass is 10.1. The Morgan fingerprint density at radius 1 is 0.750 bits per heavy atom. The van der Waals surface area contributed by atoms with Crippen molar-refractivity contribution in [3.63, 3.8) is 0 Å². The first kappa shape index (κ1) is 20.3. The van der Waals surface area contributed by atoms with Crippen LogP contribution in [0.15, 0.2) is 0 Å². The van der Waals surface area contributed by atoms with Crippen molar-refractivity contribution in [3.8, 4) is 0 Å². The first-order valence-electron chi connectivity index (χ1n) is 7.37. The first-order chi connectivity index (χ1) is 11.4. The molecule has 0 fully saturated rings. The number of hydrazine groups is 2. The van der Waals surface area contributed by atoms with E-state index in [9.17, 15) is 0 Å². The van der Waals surface area contributed by atoms with Gasteiger partial charge in [-0.25, -0.2) is 11.7 Å². The van der Waals surface area contributed by atoms with E-state index in [0.717, 1.165) is 35.1 Å². The number of halogens is 2. The van der Waals surface area contributed by atoms with Crippen molar-refractivity contribution in [2.75, 3.05) is 10.9 Å². The maximum atomic E-state index is 5.82. The third-order valence-corrected chi connectivity index (χ3v) is 4.22. The lowest BCUT2D eigenvalue weighted by Gasteiger charge is -2.08. The minimum Gasteiger partial charge on any atom is -0.307 e. The first-order valence-corrected chi connectivity index (χ1v) is 8.13. The predicted octanol–water partition coefficient (Wildman–Crippen LogP) is 2.57. The molecule has 0 aliphatic heterocycles. The Kier molecular flexibility index (Phi) is 8.06. The normalized spacial score (nSPS) is 10.0. The molecular weight excluding hydrogens is 351 g/mol. The number of aromatic nitrogens is 4. The third-order valence-electron chi connectivity index (χ3n) is 3.56. The molecule has 8 nitrogen and oxygen atoms in total. The van der Waals surface area contributed by atoms with Gasteiger partial charge in [-0.05, 0) is 37.8 Å². The maximum absolute atomic E-state index is 5.82. The number of nitrogen functional groups attached to an aromatic ring is 2. The maximum Gasteiger partial charge on any atom is 0.166 e. The van der Waals surface area contributed by atoms with E-state index in [1.165, 1.54) is 0 Å². The molecule has 0 radical (unpaired) electrons. The van der Waals surface area contributed by atoms with E-state index >= 15 is 0 Å². The fourth-order valence-electron chi connectivity index (χ4n) is 2.16. The average molecular weight is 373 g/mol. The Morgan fingerprint density at radius 3 is 1.75 bits per heavy atom. The molecular formula is C14H22Cl2N8. The smallest absolute Gasteiger partial charge is 0.166 e. The highest BCUT2D eigenvalue weighted by atomic mass is 35.5. The van der Waals surface area contributed by atoms with Crippen molar-refractivity contribution in [1.82, 2.24) is 20.4 Å². The van der Waals surface area contributed by atoms with Crippen molar-refractivity contribution in [2.24, 2.45) is 11.7 Å². The number of nitrogens with one attached hydrogen (secondary N) is 2. The summed E-state index contributed by atoms with van der Waals surface area (Å²) in [5, 5.41) is 16.0. The predicted molar refractivity (Wildman–Crippen MR) is 97.9 cm³/mol. The number of nitrogens with two attached hydrogens (primary N) is 2. The van der Waals surface area contributed by atoms with Crippen molar-refractivity contribution < 1.29 is 0 Å². The lowest BCUT2D eigenvalue weighted by molar-refractivity contribution is 0.956. The van der Waals surface area contributed by atoms with Crippen molar-refractivity contribution in [1.29, 1.82) is 0 Å². The number of anilines is 2. The van der Waals surface area contributed by atoms with Crippen LogP contribution in [0, 0.1) is 13.8 Å². The van der Waals surface area contributed by atoms with Gasteiger partial charge in [0.1, 0.15) is 0 Å². The van der Waals surface area contributed by atoms with E-state index < -0.39 is 0 Å². The number of hydrogen-bond donors (Lipinski definition) is 4. The minimum atomic E-state index is 0.436. The molecule has 2 aromatic heterocycles. The molecule has 6 N–H and O–H groups in total. The molecule has 2 aromatic rings. The van der Waals surface area contributed by atoms with Gasteiger partial charge in [0.15, 0.2) is 21.9 Å². The molecule has 0 saturated carbocycles. The zero-order valence-electron chi connectivity index (χ0n) is 14.1. The van der Waals surface area contributed by atoms with Crippen molar-refractivity contribution >= 4 is 34.8 Å². The summed E-state index contributed by atoms with van der Waals surface area (Å²) in [6.07, 6.45) is 1.66. The van der Waals surface area contributed by atoms with Crippen LogP contribution in [0.4, 0.5) is 11.6 Å². The summed E-state index contributed by atoms with van der Waals surface area (Å²) in [5.74, 6) is 11.7. The molecule has 0 aromatic carbocycles. The van der Waals surface area contributed by atoms with Gasteiger partial charge in [0, 0.05) is 11.1 Å². The monoisotopic (exact) mass is 372 g/mol. The molecule has 0 saturated heterocycles. The van der Waals surface area contributed by atoms with Gasteiger partial charge in [0.05, 0.1) is 0 Å². The second-order valence-electron chi connectivity index (χ2n) is 4.88. The molecule has 0 spiro atoms. The number of nitrogens with zero attached hydrogens (tertiary/aromatic N) is 4. The second kappa shape index (κ2) is 9.53. The van der Waals surface area contributed by atoms with E-state index in [1.807, 2.05) is 27.7 Å². The van der Waals surface area contributed by atoms with Crippen LogP contribution in [0.25, 0.3) is 0 Å². The van der Waals surface area contributed by atoms with Crippen LogP contribution in [0.3, 0.4) is 0 Å². The highest BCUT2D eigenvalue weighted by Gasteiger charge is 2.09. The van der Waals surface area contributed by atoms with Gasteiger partial charge in [-0.2, -0.15) is 0 Å². The fraction of sp³-hybridized carbons (Fsp3) is 0.429. The number of rotatable bonds is 4. The van der Waals surface area contributed by atoms with Gasteiger partial charge >= 0.3 is 0 Å². The molecule has 2 rings (SSSR count). The van der Waals surface area contributed by atoms with Crippen LogP contribution < -0.4 is 22.5 Å². The summed E-state index contributed by atoms with van der Waals surface area (Å²) >= 11 is 11.6. The average Bonchev–Trinajstić information content (AvgIpc) is 2.58. The van der Waals surface area contributed by atoms with E-state index in [4.69, 9.17) is 34.9 Å². The fourth-order valence-corrected chi connectivity index (χ4v) is 2.62. The zero-order chi connectivity index (χ0) is 18.3. The van der Waals surface area contributed by atoms with Crippen LogP contribution in [0.1, 0.15) is 36.1 Å². The van der Waals surface area contributed by atoms with Crippen LogP contribution in [0.2, 0.25) is 10.3 Å². The van der Waals surface area contributed by atoms with E-state index in [2.05, 4.69) is 31.2 Å². The highest BCUT2D eigenvalue weighted by Crippen LogP contribution is 2.22. The van der Waals surface area contributed by atoms with Crippen molar-refractivity contribution in [3.05, 3.63) is 32.6 Å². The van der Waals surface area contributed by atoms with E-state index in [-0.39, 0.29) is 0 Å². The summed E-state index contributed by atoms with van der Waals surface area (Å²) < 4.78 is 0. The quantitative estimate of drug-likeness (QED) is 0.476. The Bertz CT molecular complexity index is 693. The van der Waals surface area contributed by atoms with Crippen LogP contribution in [-0.2, 0) is 12.8 Å². The van der Waals surface area contributed by atoms with Gasteiger partial charge < -0.3 is 10.9 Å². The van der Waals surface area contributed by atoms with Gasteiger partial charge in [0.25, 0.3) is 0 Å². The molecule has 0 atom stereocenters. The third kappa shape index (κ3) is 4.64. The Balaban J connectivity index is 0.000000240. The lowest BCUT2D eigenvalue weighted by Crippen LogP contribution is -2.13. The van der Waals surface area contributed by atoms with Crippen molar-refractivity contribution in [2.45, 2.75) is 40.5 Å². The Labute approximate surface area is 151 Å². The van der Waals surface area contributed by atoms with Gasteiger partial charge in [0.2, 0.25) is 0 Å².